The van der Waals surface area contributed by atoms with Crippen molar-refractivity contribution in [3.63, 3.8) is 0 Å². The Labute approximate surface area is 116 Å². The van der Waals surface area contributed by atoms with Crippen LogP contribution in [0.25, 0.3) is 0 Å². The highest BCUT2D eigenvalue weighted by Crippen LogP contribution is 2.35. The lowest BCUT2D eigenvalue weighted by Crippen LogP contribution is -2.56. The van der Waals surface area contributed by atoms with E-state index < -0.39 is 0 Å². The van der Waals surface area contributed by atoms with Crippen molar-refractivity contribution in [2.45, 2.75) is 63.8 Å². The van der Waals surface area contributed by atoms with E-state index in [2.05, 4.69) is 12.2 Å². The summed E-state index contributed by atoms with van der Waals surface area (Å²) in [7, 11) is 0. The third-order valence-corrected chi connectivity index (χ3v) is 4.94. The number of hydrogen-bond acceptors (Lipinski definition) is 3. The van der Waals surface area contributed by atoms with E-state index in [1.165, 1.54) is 12.8 Å². The molecule has 110 valence electrons. The Hall–Kier alpha value is -0.610. The Balaban J connectivity index is 2.03. The zero-order valence-electron chi connectivity index (χ0n) is 12.2. The maximum absolute atomic E-state index is 12.7. The van der Waals surface area contributed by atoms with Crippen LogP contribution in [0.4, 0.5) is 0 Å². The minimum atomic E-state index is -0.322. The smallest absolute Gasteiger partial charge is 0.227 e. The van der Waals surface area contributed by atoms with E-state index >= 15 is 0 Å². The number of nitrogens with two attached hydrogens (primary N) is 1. The molecular weight excluding hydrogens is 240 g/mol. The second kappa shape index (κ2) is 6.23. The Morgan fingerprint density at radius 1 is 1.11 bits per heavy atom. The second-order valence-corrected chi connectivity index (χ2v) is 6.53. The van der Waals surface area contributed by atoms with E-state index in [9.17, 15) is 4.79 Å². The van der Waals surface area contributed by atoms with Gasteiger partial charge in [0.25, 0.3) is 0 Å². The van der Waals surface area contributed by atoms with Crippen molar-refractivity contribution in [1.82, 2.24) is 5.32 Å². The third kappa shape index (κ3) is 3.48. The van der Waals surface area contributed by atoms with Crippen molar-refractivity contribution in [3.8, 4) is 0 Å². The summed E-state index contributed by atoms with van der Waals surface area (Å²) in [6.07, 6.45) is 8.43. The molecule has 2 aliphatic rings. The van der Waals surface area contributed by atoms with Gasteiger partial charge in [0.15, 0.2) is 0 Å². The van der Waals surface area contributed by atoms with Crippen molar-refractivity contribution in [2.24, 2.45) is 11.1 Å². The van der Waals surface area contributed by atoms with E-state index in [1.54, 1.807) is 0 Å². The summed E-state index contributed by atoms with van der Waals surface area (Å²) < 4.78 is 5.39. The maximum Gasteiger partial charge on any atom is 0.227 e. The minimum Gasteiger partial charge on any atom is -0.381 e. The zero-order chi connectivity index (χ0) is 13.8. The van der Waals surface area contributed by atoms with Gasteiger partial charge in [-0.15, -0.1) is 0 Å². The van der Waals surface area contributed by atoms with E-state index in [0.717, 1.165) is 51.7 Å². The van der Waals surface area contributed by atoms with Crippen LogP contribution in [-0.4, -0.2) is 31.2 Å². The highest BCUT2D eigenvalue weighted by Gasteiger charge is 2.40. The molecule has 0 aromatic carbocycles. The number of hydrogen-bond donors (Lipinski definition) is 2. The number of amides is 1. The molecule has 1 aliphatic carbocycles. The molecule has 1 amide bonds. The SMILES string of the molecule is CC1(NC(=O)C2(CN)CCCCCC2)CCOCC1. The molecule has 1 saturated heterocycles. The van der Waals surface area contributed by atoms with Crippen LogP contribution in [0, 0.1) is 5.41 Å². The second-order valence-electron chi connectivity index (χ2n) is 6.53. The quantitative estimate of drug-likeness (QED) is 0.769. The molecule has 19 heavy (non-hydrogen) atoms. The summed E-state index contributed by atoms with van der Waals surface area (Å²) >= 11 is 0. The highest BCUT2D eigenvalue weighted by molar-refractivity contribution is 5.83. The number of nitrogens with one attached hydrogen (secondary N) is 1. The number of ether oxygens (including phenoxy) is 1. The molecule has 4 nitrogen and oxygen atoms in total. The van der Waals surface area contributed by atoms with Crippen molar-refractivity contribution < 1.29 is 9.53 Å². The van der Waals surface area contributed by atoms with E-state index in [-0.39, 0.29) is 16.9 Å². The standard InChI is InChI=1S/C15H28N2O2/c1-14(8-10-19-11-9-14)17-13(18)15(12-16)6-4-2-3-5-7-15/h2-12,16H2,1H3,(H,17,18). The van der Waals surface area contributed by atoms with Crippen molar-refractivity contribution in [2.75, 3.05) is 19.8 Å². The van der Waals surface area contributed by atoms with Gasteiger partial charge >= 0.3 is 0 Å². The van der Waals surface area contributed by atoms with Gasteiger partial charge in [-0.2, -0.15) is 0 Å². The highest BCUT2D eigenvalue weighted by atomic mass is 16.5. The zero-order valence-corrected chi connectivity index (χ0v) is 12.2. The summed E-state index contributed by atoms with van der Waals surface area (Å²) in [6.45, 7) is 4.10. The van der Waals surface area contributed by atoms with Crippen molar-refractivity contribution in [3.05, 3.63) is 0 Å². The first-order valence-electron chi connectivity index (χ1n) is 7.71. The van der Waals surface area contributed by atoms with Crippen LogP contribution < -0.4 is 11.1 Å². The molecule has 0 unspecified atom stereocenters. The van der Waals surface area contributed by atoms with Crippen molar-refractivity contribution >= 4 is 5.91 Å². The van der Waals surface area contributed by atoms with Gasteiger partial charge in [-0.25, -0.2) is 0 Å². The van der Waals surface area contributed by atoms with Crippen LogP contribution in [0.5, 0.6) is 0 Å². The molecule has 0 aromatic rings. The van der Waals surface area contributed by atoms with Crippen LogP contribution in [0.2, 0.25) is 0 Å². The van der Waals surface area contributed by atoms with Gasteiger partial charge in [-0.3, -0.25) is 4.79 Å². The molecule has 1 aliphatic heterocycles. The molecule has 0 bridgehead atoms. The minimum absolute atomic E-state index is 0.107. The molecule has 4 heteroatoms. The lowest BCUT2D eigenvalue weighted by Gasteiger charge is -2.39. The van der Waals surface area contributed by atoms with E-state index in [1.807, 2.05) is 0 Å². The molecule has 1 saturated carbocycles. The molecule has 0 radical (unpaired) electrons. The van der Waals surface area contributed by atoms with Crippen LogP contribution in [0.3, 0.4) is 0 Å². The molecule has 1 heterocycles. The summed E-state index contributed by atoms with van der Waals surface area (Å²) in [4.78, 5) is 12.7. The molecule has 2 fully saturated rings. The monoisotopic (exact) mass is 268 g/mol. The van der Waals surface area contributed by atoms with Gasteiger partial charge in [-0.05, 0) is 32.6 Å². The average molecular weight is 268 g/mol. The summed E-state index contributed by atoms with van der Waals surface area (Å²) in [5.41, 5.74) is 5.54. The first kappa shape index (κ1) is 14.8. The molecule has 3 N–H and O–H groups in total. The first-order chi connectivity index (χ1) is 9.10. The fourth-order valence-corrected chi connectivity index (χ4v) is 3.28. The van der Waals surface area contributed by atoms with E-state index in [4.69, 9.17) is 10.5 Å². The van der Waals surface area contributed by atoms with Gasteiger partial charge < -0.3 is 15.8 Å². The Morgan fingerprint density at radius 3 is 2.21 bits per heavy atom. The van der Waals surface area contributed by atoms with Gasteiger partial charge in [0.2, 0.25) is 5.91 Å². The fourth-order valence-electron chi connectivity index (χ4n) is 3.28. The average Bonchev–Trinajstić information content (AvgIpc) is 2.65. The predicted octanol–water partition coefficient (Wildman–Crippen LogP) is 1.97. The maximum atomic E-state index is 12.7. The Bertz CT molecular complexity index is 303. The van der Waals surface area contributed by atoms with Crippen LogP contribution in [0.15, 0.2) is 0 Å². The molecule has 0 aromatic heterocycles. The van der Waals surface area contributed by atoms with Gasteiger partial charge in [0.05, 0.1) is 5.41 Å². The largest absolute Gasteiger partial charge is 0.381 e. The Morgan fingerprint density at radius 2 is 1.68 bits per heavy atom. The summed E-state index contributed by atoms with van der Waals surface area (Å²) in [5, 5.41) is 3.29. The first-order valence-corrected chi connectivity index (χ1v) is 7.71. The van der Waals surface area contributed by atoms with Crippen molar-refractivity contribution in [1.29, 1.82) is 0 Å². The number of carbonyl (C=O) groups excluding carboxylic acids is 1. The van der Waals surface area contributed by atoms with Crippen LogP contribution in [-0.2, 0) is 9.53 Å². The van der Waals surface area contributed by atoms with Gasteiger partial charge in [-0.1, -0.05) is 25.7 Å². The third-order valence-electron chi connectivity index (χ3n) is 4.94. The molecule has 0 atom stereocenters. The summed E-state index contributed by atoms with van der Waals surface area (Å²) in [6, 6.07) is 0. The fraction of sp³-hybridized carbons (Fsp3) is 0.933. The molecule has 2 rings (SSSR count). The van der Waals surface area contributed by atoms with E-state index in [0.29, 0.717) is 6.54 Å². The molecular formula is C15H28N2O2. The lowest BCUT2D eigenvalue weighted by molar-refractivity contribution is -0.134. The predicted molar refractivity (Wildman–Crippen MR) is 75.8 cm³/mol. The van der Waals surface area contributed by atoms with Gasteiger partial charge in [0.1, 0.15) is 0 Å². The number of rotatable bonds is 3. The summed E-state index contributed by atoms with van der Waals surface area (Å²) in [5.74, 6) is 0.182. The number of carbonyl (C=O) groups is 1. The van der Waals surface area contributed by atoms with Crippen LogP contribution >= 0.6 is 0 Å². The normalized spacial score (nSPS) is 26.4. The van der Waals surface area contributed by atoms with Gasteiger partial charge in [0, 0.05) is 25.3 Å². The van der Waals surface area contributed by atoms with Crippen LogP contribution in [0.1, 0.15) is 58.3 Å². The molecule has 0 spiro atoms. The Kier molecular flexibility index (Phi) is 4.85. The lowest BCUT2D eigenvalue weighted by atomic mass is 9.78. The topological polar surface area (TPSA) is 64.4 Å².